The Hall–Kier alpha value is -3.68. The van der Waals surface area contributed by atoms with Crippen molar-refractivity contribution in [2.24, 2.45) is 5.10 Å². The molecule has 0 spiro atoms. The molecule has 0 saturated carbocycles. The number of benzene rings is 2. The number of hydrogen-bond acceptors (Lipinski definition) is 5. The van der Waals surface area contributed by atoms with Crippen LogP contribution in [-0.4, -0.2) is 37.5 Å². The molecule has 8 nitrogen and oxygen atoms in total. The maximum atomic E-state index is 12.1. The third-order valence-corrected chi connectivity index (χ3v) is 3.67. The van der Waals surface area contributed by atoms with Crippen LogP contribution in [0.1, 0.15) is 13.3 Å². The zero-order valence-electron chi connectivity index (χ0n) is 16.0. The first-order chi connectivity index (χ1) is 13.3. The van der Waals surface area contributed by atoms with Crippen LogP contribution in [0.15, 0.2) is 59.7 Å². The molecule has 8 heteroatoms. The van der Waals surface area contributed by atoms with Crippen LogP contribution in [0.25, 0.3) is 0 Å². The van der Waals surface area contributed by atoms with Crippen molar-refractivity contribution in [2.45, 2.75) is 13.3 Å². The highest BCUT2D eigenvalue weighted by Gasteiger charge is 2.13. The number of anilines is 3. The molecule has 0 atom stereocenters. The van der Waals surface area contributed by atoms with Gasteiger partial charge in [-0.25, -0.2) is 5.43 Å². The fraction of sp³-hybridized carbons (Fsp3) is 0.200. The molecule has 0 aromatic heterocycles. The minimum absolute atomic E-state index is 0.0178. The monoisotopic (exact) mass is 381 g/mol. The van der Waals surface area contributed by atoms with Gasteiger partial charge in [-0.3, -0.25) is 14.4 Å². The van der Waals surface area contributed by atoms with Gasteiger partial charge in [-0.05, 0) is 43.3 Å². The SMILES string of the molecule is C/C(CC(=O)Nc1ccc(N(C)C)cc1)=N\NC(=O)C(=O)Nc1ccccc1. The molecule has 2 aromatic rings. The van der Waals surface area contributed by atoms with Crippen molar-refractivity contribution < 1.29 is 14.4 Å². The lowest BCUT2D eigenvalue weighted by Gasteiger charge is -2.13. The maximum Gasteiger partial charge on any atom is 0.329 e. The Morgan fingerprint density at radius 2 is 1.46 bits per heavy atom. The normalized spacial score (nSPS) is 10.8. The topological polar surface area (TPSA) is 103 Å². The number of nitrogens with one attached hydrogen (secondary N) is 3. The third kappa shape index (κ3) is 6.56. The molecule has 146 valence electrons. The number of para-hydroxylation sites is 1. The molecule has 3 amide bonds. The minimum atomic E-state index is -0.914. The molecule has 0 bridgehead atoms. The summed E-state index contributed by atoms with van der Waals surface area (Å²) in [7, 11) is 3.86. The predicted molar refractivity (Wildman–Crippen MR) is 110 cm³/mol. The van der Waals surface area contributed by atoms with Gasteiger partial charge in [0.25, 0.3) is 0 Å². The zero-order chi connectivity index (χ0) is 20.5. The molecule has 0 aliphatic rings. The van der Waals surface area contributed by atoms with E-state index in [1.165, 1.54) is 0 Å². The molecular formula is C20H23N5O3. The van der Waals surface area contributed by atoms with E-state index in [9.17, 15) is 14.4 Å². The summed E-state index contributed by atoms with van der Waals surface area (Å²) in [6.45, 7) is 1.59. The van der Waals surface area contributed by atoms with Crippen molar-refractivity contribution in [3.63, 3.8) is 0 Å². The van der Waals surface area contributed by atoms with Gasteiger partial charge in [0.2, 0.25) is 5.91 Å². The van der Waals surface area contributed by atoms with Crippen LogP contribution in [0.5, 0.6) is 0 Å². The lowest BCUT2D eigenvalue weighted by molar-refractivity contribution is -0.136. The first kappa shape index (κ1) is 20.6. The second kappa shape index (κ2) is 9.86. The van der Waals surface area contributed by atoms with Crippen LogP contribution < -0.4 is 21.0 Å². The number of carbonyl (C=O) groups is 3. The van der Waals surface area contributed by atoms with Gasteiger partial charge in [-0.1, -0.05) is 18.2 Å². The fourth-order valence-electron chi connectivity index (χ4n) is 2.23. The van der Waals surface area contributed by atoms with E-state index in [1.54, 1.807) is 49.4 Å². The summed E-state index contributed by atoms with van der Waals surface area (Å²) in [4.78, 5) is 37.6. The number of amides is 3. The average molecular weight is 381 g/mol. The fourth-order valence-corrected chi connectivity index (χ4v) is 2.23. The quantitative estimate of drug-likeness (QED) is 0.405. The van der Waals surface area contributed by atoms with Crippen LogP contribution >= 0.6 is 0 Å². The highest BCUT2D eigenvalue weighted by atomic mass is 16.2. The van der Waals surface area contributed by atoms with Crippen LogP contribution in [0.4, 0.5) is 17.1 Å². The molecule has 2 rings (SSSR count). The van der Waals surface area contributed by atoms with E-state index in [1.807, 2.05) is 31.1 Å². The highest BCUT2D eigenvalue weighted by Crippen LogP contribution is 2.15. The van der Waals surface area contributed by atoms with E-state index >= 15 is 0 Å². The lowest BCUT2D eigenvalue weighted by Crippen LogP contribution is -2.33. The molecule has 0 unspecified atom stereocenters. The molecule has 0 fully saturated rings. The number of rotatable bonds is 6. The Bertz CT molecular complexity index is 861. The van der Waals surface area contributed by atoms with Crippen LogP contribution in [-0.2, 0) is 14.4 Å². The highest BCUT2D eigenvalue weighted by molar-refractivity contribution is 6.39. The van der Waals surface area contributed by atoms with Crippen LogP contribution in [0.3, 0.4) is 0 Å². The maximum absolute atomic E-state index is 12.1. The van der Waals surface area contributed by atoms with Crippen molar-refractivity contribution >= 4 is 40.5 Å². The van der Waals surface area contributed by atoms with Crippen molar-refractivity contribution in [2.75, 3.05) is 29.6 Å². The van der Waals surface area contributed by atoms with Gasteiger partial charge in [-0.2, -0.15) is 5.10 Å². The first-order valence-electron chi connectivity index (χ1n) is 8.62. The van der Waals surface area contributed by atoms with Gasteiger partial charge in [0.05, 0.1) is 6.42 Å². The van der Waals surface area contributed by atoms with Crippen molar-refractivity contribution in [3.05, 3.63) is 54.6 Å². The summed E-state index contributed by atoms with van der Waals surface area (Å²) in [5.41, 5.74) is 4.69. The predicted octanol–water partition coefficient (Wildman–Crippen LogP) is 2.21. The van der Waals surface area contributed by atoms with Crippen molar-refractivity contribution in [1.29, 1.82) is 0 Å². The molecule has 28 heavy (non-hydrogen) atoms. The van der Waals surface area contributed by atoms with Gasteiger partial charge in [0, 0.05) is 36.9 Å². The molecule has 3 N–H and O–H groups in total. The van der Waals surface area contributed by atoms with Crippen LogP contribution in [0, 0.1) is 0 Å². The Morgan fingerprint density at radius 1 is 0.857 bits per heavy atom. The number of hydrazone groups is 1. The van der Waals surface area contributed by atoms with E-state index in [2.05, 4.69) is 21.2 Å². The van der Waals surface area contributed by atoms with Crippen molar-refractivity contribution in [3.8, 4) is 0 Å². The minimum Gasteiger partial charge on any atom is -0.378 e. The summed E-state index contributed by atoms with van der Waals surface area (Å²) in [5, 5.41) is 8.99. The summed E-state index contributed by atoms with van der Waals surface area (Å²) < 4.78 is 0. The largest absolute Gasteiger partial charge is 0.378 e. The van der Waals surface area contributed by atoms with E-state index < -0.39 is 11.8 Å². The Balaban J connectivity index is 1.81. The molecule has 0 radical (unpaired) electrons. The van der Waals surface area contributed by atoms with Gasteiger partial charge in [0.1, 0.15) is 0 Å². The molecular weight excluding hydrogens is 358 g/mol. The Labute approximate surface area is 163 Å². The molecule has 0 aliphatic heterocycles. The van der Waals surface area contributed by atoms with E-state index in [4.69, 9.17) is 0 Å². The second-order valence-corrected chi connectivity index (χ2v) is 6.27. The summed E-state index contributed by atoms with van der Waals surface area (Å²) in [6.07, 6.45) is -0.0178. The zero-order valence-corrected chi connectivity index (χ0v) is 16.0. The van der Waals surface area contributed by atoms with Gasteiger partial charge in [-0.15, -0.1) is 0 Å². The summed E-state index contributed by atoms with van der Waals surface area (Å²) in [5.74, 6) is -2.03. The lowest BCUT2D eigenvalue weighted by atomic mass is 10.2. The summed E-state index contributed by atoms with van der Waals surface area (Å²) >= 11 is 0. The Morgan fingerprint density at radius 3 is 2.07 bits per heavy atom. The van der Waals surface area contributed by atoms with E-state index in [0.717, 1.165) is 5.69 Å². The van der Waals surface area contributed by atoms with Gasteiger partial charge >= 0.3 is 11.8 Å². The number of carbonyl (C=O) groups excluding carboxylic acids is 3. The number of nitrogens with zero attached hydrogens (tertiary/aromatic N) is 2. The average Bonchev–Trinajstić information content (AvgIpc) is 2.67. The molecule has 0 aliphatic carbocycles. The molecule has 0 saturated heterocycles. The molecule has 0 heterocycles. The van der Waals surface area contributed by atoms with Crippen LogP contribution in [0.2, 0.25) is 0 Å². The van der Waals surface area contributed by atoms with Gasteiger partial charge in [0.15, 0.2) is 0 Å². The Kier molecular flexibility index (Phi) is 7.27. The smallest absolute Gasteiger partial charge is 0.329 e. The molecule has 2 aromatic carbocycles. The van der Waals surface area contributed by atoms with Crippen molar-refractivity contribution in [1.82, 2.24) is 5.43 Å². The summed E-state index contributed by atoms with van der Waals surface area (Å²) in [6, 6.07) is 16.0. The second-order valence-electron chi connectivity index (χ2n) is 6.27. The first-order valence-corrected chi connectivity index (χ1v) is 8.62. The third-order valence-electron chi connectivity index (χ3n) is 3.67. The number of hydrogen-bond donors (Lipinski definition) is 3. The standard InChI is InChI=1S/C20H23N5O3/c1-14(13-18(26)21-16-9-11-17(12-10-16)25(2)3)23-24-20(28)19(27)22-15-7-5-4-6-8-15/h4-12H,13H2,1-3H3,(H,21,26)(H,22,27)(H,24,28)/b23-14+. The van der Waals surface area contributed by atoms with Gasteiger partial charge < -0.3 is 15.5 Å². The van der Waals surface area contributed by atoms with E-state index in [-0.39, 0.29) is 12.3 Å². The van der Waals surface area contributed by atoms with E-state index in [0.29, 0.717) is 17.1 Å².